The molecule has 114 valence electrons. The Balaban J connectivity index is 3.02. The van der Waals surface area contributed by atoms with Gasteiger partial charge in [0.15, 0.2) is 0 Å². The minimum Gasteiger partial charge on any atom is -0.341 e. The molecule has 0 aliphatic rings. The van der Waals surface area contributed by atoms with E-state index >= 15 is 0 Å². The van der Waals surface area contributed by atoms with Gasteiger partial charge in [0.2, 0.25) is 0 Å². The summed E-state index contributed by atoms with van der Waals surface area (Å²) in [6, 6.07) is 5.39. The second kappa shape index (κ2) is 7.25. The molecular formula is C15H20N2O3S. The zero-order valence-electron chi connectivity index (χ0n) is 12.5. The molecule has 1 aromatic rings. The van der Waals surface area contributed by atoms with Gasteiger partial charge in [0.1, 0.15) is 9.84 Å². The van der Waals surface area contributed by atoms with Gasteiger partial charge >= 0.3 is 0 Å². The summed E-state index contributed by atoms with van der Waals surface area (Å²) in [6.07, 6.45) is 1.15. The van der Waals surface area contributed by atoms with Crippen molar-refractivity contribution in [2.45, 2.75) is 6.92 Å². The van der Waals surface area contributed by atoms with E-state index in [-0.39, 0.29) is 24.7 Å². The number of benzene rings is 1. The lowest BCUT2D eigenvalue weighted by Crippen LogP contribution is -2.32. The van der Waals surface area contributed by atoms with E-state index in [1.807, 2.05) is 13.0 Å². The number of nitrogens with two attached hydrogens (primary N) is 1. The molecule has 0 atom stereocenters. The molecule has 0 unspecified atom stereocenters. The molecule has 0 saturated carbocycles. The summed E-state index contributed by atoms with van der Waals surface area (Å²) in [7, 11) is -1.53. The number of hydrogen-bond donors (Lipinski definition) is 1. The van der Waals surface area contributed by atoms with E-state index in [0.717, 1.165) is 11.8 Å². The largest absolute Gasteiger partial charge is 0.341 e. The van der Waals surface area contributed by atoms with E-state index < -0.39 is 9.84 Å². The van der Waals surface area contributed by atoms with Crippen molar-refractivity contribution in [2.75, 3.05) is 32.1 Å². The fraction of sp³-hybridized carbons (Fsp3) is 0.400. The zero-order valence-corrected chi connectivity index (χ0v) is 13.3. The molecule has 0 aromatic heterocycles. The van der Waals surface area contributed by atoms with Crippen molar-refractivity contribution in [3.63, 3.8) is 0 Å². The van der Waals surface area contributed by atoms with E-state index in [4.69, 9.17) is 5.73 Å². The van der Waals surface area contributed by atoms with Crippen LogP contribution < -0.4 is 5.73 Å². The summed E-state index contributed by atoms with van der Waals surface area (Å²) in [6.45, 7) is 2.24. The first-order chi connectivity index (χ1) is 9.74. The van der Waals surface area contributed by atoms with Gasteiger partial charge in [-0.15, -0.1) is 0 Å². The average molecular weight is 308 g/mol. The fourth-order valence-corrected chi connectivity index (χ4v) is 2.31. The monoisotopic (exact) mass is 308 g/mol. The Hall–Kier alpha value is -1.84. The van der Waals surface area contributed by atoms with Crippen LogP contribution >= 0.6 is 0 Å². The molecule has 0 bridgehead atoms. The first-order valence-corrected chi connectivity index (χ1v) is 8.53. The van der Waals surface area contributed by atoms with Crippen molar-refractivity contribution in [1.82, 2.24) is 4.90 Å². The van der Waals surface area contributed by atoms with Crippen molar-refractivity contribution in [2.24, 2.45) is 5.73 Å². The summed E-state index contributed by atoms with van der Waals surface area (Å²) in [5.74, 6) is 5.28. The number of rotatable bonds is 4. The van der Waals surface area contributed by atoms with E-state index in [1.165, 1.54) is 4.90 Å². The molecule has 0 aliphatic heterocycles. The highest BCUT2D eigenvalue weighted by Crippen LogP contribution is 2.13. The summed E-state index contributed by atoms with van der Waals surface area (Å²) in [5.41, 5.74) is 7.35. The zero-order chi connectivity index (χ0) is 16.0. The third kappa shape index (κ3) is 5.58. The van der Waals surface area contributed by atoms with Gasteiger partial charge in [0.05, 0.1) is 17.9 Å². The minimum atomic E-state index is -3.11. The molecule has 0 radical (unpaired) electrons. The number of nitrogens with zero attached hydrogens (tertiary/aromatic N) is 1. The first-order valence-electron chi connectivity index (χ1n) is 6.47. The molecule has 0 fully saturated rings. The highest BCUT2D eigenvalue weighted by Gasteiger charge is 2.16. The van der Waals surface area contributed by atoms with Crippen LogP contribution in [-0.2, 0) is 9.84 Å². The molecule has 6 heteroatoms. The van der Waals surface area contributed by atoms with Crippen molar-refractivity contribution in [3.8, 4) is 11.8 Å². The van der Waals surface area contributed by atoms with Crippen LogP contribution in [0.15, 0.2) is 18.2 Å². The van der Waals surface area contributed by atoms with Gasteiger partial charge in [-0.05, 0) is 19.1 Å². The summed E-state index contributed by atoms with van der Waals surface area (Å²) >= 11 is 0. The predicted octanol–water partition coefficient (Wildman–Crippen LogP) is 0.422. The SMILES string of the molecule is Cc1ccc(C#CCN)c(C(=O)N(C)CCS(C)(=O)=O)c1. The number of hydrogen-bond acceptors (Lipinski definition) is 4. The maximum atomic E-state index is 12.4. The molecule has 1 amide bonds. The molecular weight excluding hydrogens is 288 g/mol. The second-order valence-corrected chi connectivity index (χ2v) is 7.17. The van der Waals surface area contributed by atoms with Crippen LogP contribution in [0.3, 0.4) is 0 Å². The van der Waals surface area contributed by atoms with Crippen LogP contribution in [0.25, 0.3) is 0 Å². The van der Waals surface area contributed by atoms with Crippen LogP contribution in [0.1, 0.15) is 21.5 Å². The van der Waals surface area contributed by atoms with Gasteiger partial charge in [-0.2, -0.15) is 0 Å². The molecule has 21 heavy (non-hydrogen) atoms. The van der Waals surface area contributed by atoms with Gasteiger partial charge in [-0.25, -0.2) is 8.42 Å². The number of amides is 1. The fourth-order valence-electron chi connectivity index (χ4n) is 1.70. The minimum absolute atomic E-state index is 0.0646. The highest BCUT2D eigenvalue weighted by molar-refractivity contribution is 7.90. The Kier molecular flexibility index (Phi) is 5.94. The molecule has 1 rings (SSSR count). The lowest BCUT2D eigenvalue weighted by Gasteiger charge is -2.18. The third-order valence-electron chi connectivity index (χ3n) is 2.87. The van der Waals surface area contributed by atoms with E-state index in [9.17, 15) is 13.2 Å². The maximum absolute atomic E-state index is 12.4. The Morgan fingerprint density at radius 2 is 2.05 bits per heavy atom. The standard InChI is InChI=1S/C15H20N2O3S/c1-12-6-7-13(5-4-8-16)14(11-12)15(18)17(2)9-10-21(3,19)20/h6-7,11H,8-10,16H2,1-3H3. The van der Waals surface area contributed by atoms with E-state index in [2.05, 4.69) is 11.8 Å². The van der Waals surface area contributed by atoms with Crippen LogP contribution in [0, 0.1) is 18.8 Å². The van der Waals surface area contributed by atoms with Crippen LogP contribution in [0.2, 0.25) is 0 Å². The Labute approximate surface area is 126 Å². The molecule has 0 spiro atoms. The van der Waals surface area contributed by atoms with Crippen LogP contribution in [0.5, 0.6) is 0 Å². The molecule has 1 aromatic carbocycles. The number of aryl methyl sites for hydroxylation is 1. The second-order valence-electron chi connectivity index (χ2n) is 4.91. The highest BCUT2D eigenvalue weighted by atomic mass is 32.2. The molecule has 0 aliphatic carbocycles. The first kappa shape index (κ1) is 17.2. The summed E-state index contributed by atoms with van der Waals surface area (Å²) in [4.78, 5) is 13.8. The Bertz CT molecular complexity index is 685. The molecule has 5 nitrogen and oxygen atoms in total. The third-order valence-corrected chi connectivity index (χ3v) is 3.80. The quantitative estimate of drug-likeness (QED) is 0.818. The maximum Gasteiger partial charge on any atom is 0.254 e. The topological polar surface area (TPSA) is 80.5 Å². The normalized spacial score (nSPS) is 10.7. The number of sulfone groups is 1. The van der Waals surface area contributed by atoms with Crippen molar-refractivity contribution >= 4 is 15.7 Å². The van der Waals surface area contributed by atoms with Crippen LogP contribution in [0.4, 0.5) is 0 Å². The smallest absolute Gasteiger partial charge is 0.254 e. The van der Waals surface area contributed by atoms with Gasteiger partial charge in [-0.1, -0.05) is 23.5 Å². The Morgan fingerprint density at radius 3 is 2.62 bits per heavy atom. The molecule has 0 saturated heterocycles. The Morgan fingerprint density at radius 1 is 1.38 bits per heavy atom. The summed E-state index contributed by atoms with van der Waals surface area (Å²) in [5, 5.41) is 0. The van der Waals surface area contributed by atoms with Crippen molar-refractivity contribution in [3.05, 3.63) is 34.9 Å². The molecule has 0 heterocycles. The van der Waals surface area contributed by atoms with Crippen molar-refractivity contribution in [1.29, 1.82) is 0 Å². The number of carbonyl (C=O) groups excluding carboxylic acids is 1. The lowest BCUT2D eigenvalue weighted by atomic mass is 10.0. The molecule has 2 N–H and O–H groups in total. The van der Waals surface area contributed by atoms with Gasteiger partial charge in [0, 0.05) is 25.4 Å². The van der Waals surface area contributed by atoms with Gasteiger partial charge < -0.3 is 10.6 Å². The van der Waals surface area contributed by atoms with E-state index in [0.29, 0.717) is 11.1 Å². The van der Waals surface area contributed by atoms with Gasteiger partial charge in [0.25, 0.3) is 5.91 Å². The van der Waals surface area contributed by atoms with Gasteiger partial charge in [-0.3, -0.25) is 4.79 Å². The van der Waals surface area contributed by atoms with Crippen LogP contribution in [-0.4, -0.2) is 51.4 Å². The van der Waals surface area contributed by atoms with E-state index in [1.54, 1.807) is 19.2 Å². The summed E-state index contributed by atoms with van der Waals surface area (Å²) < 4.78 is 22.4. The predicted molar refractivity (Wildman–Crippen MR) is 83.8 cm³/mol. The lowest BCUT2D eigenvalue weighted by molar-refractivity contribution is 0.0803. The average Bonchev–Trinajstić information content (AvgIpc) is 2.41. The number of carbonyl (C=O) groups is 1. The van der Waals surface area contributed by atoms with Crippen molar-refractivity contribution < 1.29 is 13.2 Å².